The zero-order valence-electron chi connectivity index (χ0n) is 7.76. The Bertz CT molecular complexity index is 299. The average Bonchev–Trinajstić information content (AvgIpc) is 2.18. The molecule has 3 nitrogen and oxygen atoms in total. The van der Waals surface area contributed by atoms with Gasteiger partial charge in [-0.25, -0.2) is 0 Å². The van der Waals surface area contributed by atoms with Crippen LogP contribution in [0.25, 0.3) is 0 Å². The van der Waals surface area contributed by atoms with Crippen LogP contribution in [-0.2, 0) is 6.54 Å². The molecule has 3 heteroatoms. The Hall–Kier alpha value is -1.22. The highest BCUT2D eigenvalue weighted by Crippen LogP contribution is 2.27. The first-order valence-corrected chi connectivity index (χ1v) is 4.54. The van der Waals surface area contributed by atoms with E-state index in [0.717, 1.165) is 31.1 Å². The molecule has 0 atom stereocenters. The standard InChI is InChI=1S/C10H14N2O/c1-11-7-8-2-3-10-9(6-8)12-4-5-13-10/h2-3,6,11-12H,4-5,7H2,1H3. The third-order valence-corrected chi connectivity index (χ3v) is 2.10. The Balaban J connectivity index is 2.24. The minimum atomic E-state index is 0.762. The van der Waals surface area contributed by atoms with E-state index in [-0.39, 0.29) is 0 Å². The molecule has 0 aliphatic carbocycles. The molecule has 1 heterocycles. The highest BCUT2D eigenvalue weighted by atomic mass is 16.5. The number of rotatable bonds is 2. The largest absolute Gasteiger partial charge is 0.490 e. The lowest BCUT2D eigenvalue weighted by atomic mass is 10.1. The van der Waals surface area contributed by atoms with E-state index in [4.69, 9.17) is 4.74 Å². The van der Waals surface area contributed by atoms with Crippen molar-refractivity contribution in [2.75, 3.05) is 25.5 Å². The van der Waals surface area contributed by atoms with Crippen molar-refractivity contribution in [3.8, 4) is 5.75 Å². The molecule has 0 fully saturated rings. The smallest absolute Gasteiger partial charge is 0.142 e. The van der Waals surface area contributed by atoms with Crippen molar-refractivity contribution < 1.29 is 4.74 Å². The number of nitrogens with one attached hydrogen (secondary N) is 2. The molecule has 1 aromatic rings. The lowest BCUT2D eigenvalue weighted by Crippen LogP contribution is -2.18. The van der Waals surface area contributed by atoms with Crippen molar-refractivity contribution >= 4 is 5.69 Å². The molecule has 0 saturated heterocycles. The van der Waals surface area contributed by atoms with Crippen LogP contribution in [0.3, 0.4) is 0 Å². The lowest BCUT2D eigenvalue weighted by molar-refractivity contribution is 0.323. The Morgan fingerprint density at radius 3 is 3.31 bits per heavy atom. The summed E-state index contributed by atoms with van der Waals surface area (Å²) >= 11 is 0. The van der Waals surface area contributed by atoms with Gasteiger partial charge in [-0.3, -0.25) is 0 Å². The molecular formula is C10H14N2O. The van der Waals surface area contributed by atoms with Gasteiger partial charge >= 0.3 is 0 Å². The van der Waals surface area contributed by atoms with Crippen LogP contribution in [-0.4, -0.2) is 20.2 Å². The Kier molecular flexibility index (Phi) is 2.36. The van der Waals surface area contributed by atoms with Gasteiger partial charge in [-0.1, -0.05) is 6.07 Å². The molecule has 1 aliphatic heterocycles. The third kappa shape index (κ3) is 1.75. The summed E-state index contributed by atoms with van der Waals surface area (Å²) in [6.07, 6.45) is 0. The molecule has 0 amide bonds. The van der Waals surface area contributed by atoms with Gasteiger partial charge in [0.2, 0.25) is 0 Å². The number of anilines is 1. The fourth-order valence-electron chi connectivity index (χ4n) is 1.50. The van der Waals surface area contributed by atoms with Gasteiger partial charge in [-0.05, 0) is 24.7 Å². The number of fused-ring (bicyclic) bond motifs is 1. The number of ether oxygens (including phenoxy) is 1. The number of hydrogen-bond acceptors (Lipinski definition) is 3. The van der Waals surface area contributed by atoms with Gasteiger partial charge in [-0.2, -0.15) is 0 Å². The molecule has 13 heavy (non-hydrogen) atoms. The summed E-state index contributed by atoms with van der Waals surface area (Å²) in [5.41, 5.74) is 2.39. The van der Waals surface area contributed by atoms with Crippen molar-refractivity contribution in [2.24, 2.45) is 0 Å². The van der Waals surface area contributed by atoms with E-state index in [1.54, 1.807) is 0 Å². The maximum absolute atomic E-state index is 5.47. The van der Waals surface area contributed by atoms with E-state index in [0.29, 0.717) is 0 Å². The van der Waals surface area contributed by atoms with Crippen molar-refractivity contribution in [3.05, 3.63) is 23.8 Å². The number of benzene rings is 1. The van der Waals surface area contributed by atoms with Crippen molar-refractivity contribution in [1.82, 2.24) is 5.32 Å². The summed E-state index contributed by atoms with van der Waals surface area (Å²) in [6.45, 7) is 2.56. The van der Waals surface area contributed by atoms with Crippen LogP contribution in [0.15, 0.2) is 18.2 Å². The summed E-state index contributed by atoms with van der Waals surface area (Å²) in [4.78, 5) is 0. The summed E-state index contributed by atoms with van der Waals surface area (Å²) in [7, 11) is 1.95. The Morgan fingerprint density at radius 1 is 1.54 bits per heavy atom. The molecule has 0 saturated carbocycles. The third-order valence-electron chi connectivity index (χ3n) is 2.10. The zero-order chi connectivity index (χ0) is 9.10. The normalized spacial score (nSPS) is 14.2. The van der Waals surface area contributed by atoms with E-state index in [2.05, 4.69) is 22.8 Å². The molecule has 0 spiro atoms. The fourth-order valence-corrected chi connectivity index (χ4v) is 1.50. The minimum absolute atomic E-state index is 0.762. The van der Waals surface area contributed by atoms with E-state index in [1.807, 2.05) is 13.1 Å². The topological polar surface area (TPSA) is 33.3 Å². The molecule has 2 N–H and O–H groups in total. The predicted octanol–water partition coefficient (Wildman–Crippen LogP) is 1.21. The summed E-state index contributed by atoms with van der Waals surface area (Å²) in [5, 5.41) is 6.43. The fraction of sp³-hybridized carbons (Fsp3) is 0.400. The average molecular weight is 178 g/mol. The maximum atomic E-state index is 5.47. The molecule has 0 unspecified atom stereocenters. The van der Waals surface area contributed by atoms with Gasteiger partial charge in [0.25, 0.3) is 0 Å². The molecule has 1 aliphatic rings. The summed E-state index contributed by atoms with van der Waals surface area (Å²) in [6, 6.07) is 6.24. The molecule has 0 radical (unpaired) electrons. The zero-order valence-corrected chi connectivity index (χ0v) is 7.76. The molecule has 0 aromatic heterocycles. The Morgan fingerprint density at radius 2 is 2.46 bits per heavy atom. The van der Waals surface area contributed by atoms with Crippen LogP contribution in [0.1, 0.15) is 5.56 Å². The SMILES string of the molecule is CNCc1ccc2c(c1)NCCO2. The quantitative estimate of drug-likeness (QED) is 0.714. The van der Waals surface area contributed by atoms with E-state index in [9.17, 15) is 0 Å². The van der Waals surface area contributed by atoms with Crippen LogP contribution in [0.5, 0.6) is 5.75 Å². The second kappa shape index (κ2) is 3.66. The van der Waals surface area contributed by atoms with E-state index >= 15 is 0 Å². The molecular weight excluding hydrogens is 164 g/mol. The van der Waals surface area contributed by atoms with Gasteiger partial charge in [0.05, 0.1) is 5.69 Å². The Labute approximate surface area is 78.1 Å². The highest BCUT2D eigenvalue weighted by molar-refractivity contribution is 5.59. The van der Waals surface area contributed by atoms with Crippen LogP contribution in [0, 0.1) is 0 Å². The van der Waals surface area contributed by atoms with Crippen LogP contribution >= 0.6 is 0 Å². The first-order valence-electron chi connectivity index (χ1n) is 4.54. The first-order chi connectivity index (χ1) is 6.40. The van der Waals surface area contributed by atoms with Gasteiger partial charge in [-0.15, -0.1) is 0 Å². The van der Waals surface area contributed by atoms with Crippen molar-refractivity contribution in [1.29, 1.82) is 0 Å². The van der Waals surface area contributed by atoms with Crippen LogP contribution in [0.4, 0.5) is 5.69 Å². The molecule has 1 aromatic carbocycles. The predicted molar refractivity (Wildman–Crippen MR) is 53.2 cm³/mol. The van der Waals surface area contributed by atoms with Crippen LogP contribution in [0.2, 0.25) is 0 Å². The molecule has 70 valence electrons. The van der Waals surface area contributed by atoms with Crippen molar-refractivity contribution in [2.45, 2.75) is 6.54 Å². The van der Waals surface area contributed by atoms with Gasteiger partial charge in [0, 0.05) is 13.1 Å². The van der Waals surface area contributed by atoms with Gasteiger partial charge in [0.15, 0.2) is 0 Å². The monoisotopic (exact) mass is 178 g/mol. The van der Waals surface area contributed by atoms with Gasteiger partial charge < -0.3 is 15.4 Å². The van der Waals surface area contributed by atoms with Crippen LogP contribution < -0.4 is 15.4 Å². The molecule has 0 bridgehead atoms. The van der Waals surface area contributed by atoms with Crippen molar-refractivity contribution in [3.63, 3.8) is 0 Å². The maximum Gasteiger partial charge on any atom is 0.142 e. The second-order valence-electron chi connectivity index (χ2n) is 3.14. The second-order valence-corrected chi connectivity index (χ2v) is 3.14. The lowest BCUT2D eigenvalue weighted by Gasteiger charge is -2.19. The molecule has 2 rings (SSSR count). The number of hydrogen-bond donors (Lipinski definition) is 2. The minimum Gasteiger partial charge on any atom is -0.490 e. The highest BCUT2D eigenvalue weighted by Gasteiger charge is 2.08. The van der Waals surface area contributed by atoms with Gasteiger partial charge in [0.1, 0.15) is 12.4 Å². The first kappa shape index (κ1) is 8.38. The summed E-state index contributed by atoms with van der Waals surface area (Å²) < 4.78 is 5.47. The van der Waals surface area contributed by atoms with E-state index < -0.39 is 0 Å². The van der Waals surface area contributed by atoms with E-state index in [1.165, 1.54) is 5.56 Å². The summed E-state index contributed by atoms with van der Waals surface area (Å²) in [5.74, 6) is 0.964.